The van der Waals surface area contributed by atoms with Crippen molar-refractivity contribution in [3.63, 3.8) is 0 Å². The van der Waals surface area contributed by atoms with Crippen LogP contribution in [0.1, 0.15) is 42.5 Å². The van der Waals surface area contributed by atoms with Crippen LogP contribution in [0.15, 0.2) is 54.6 Å². The van der Waals surface area contributed by atoms with Gasteiger partial charge in [0.15, 0.2) is 0 Å². The van der Waals surface area contributed by atoms with E-state index in [-0.39, 0.29) is 24.2 Å². The van der Waals surface area contributed by atoms with Crippen molar-refractivity contribution in [1.29, 1.82) is 0 Å². The van der Waals surface area contributed by atoms with E-state index in [4.69, 9.17) is 0 Å². The van der Waals surface area contributed by atoms with E-state index in [2.05, 4.69) is 16.0 Å². The summed E-state index contributed by atoms with van der Waals surface area (Å²) in [5.74, 6) is 0.349. The van der Waals surface area contributed by atoms with Crippen molar-refractivity contribution >= 4 is 35.6 Å². The molecule has 3 N–H and O–H groups in total. The lowest BCUT2D eigenvalue weighted by molar-refractivity contribution is -0.117. The largest absolute Gasteiger partial charge is 0.326 e. The van der Waals surface area contributed by atoms with Crippen LogP contribution in [0.3, 0.4) is 0 Å². The van der Waals surface area contributed by atoms with Gasteiger partial charge in [0.05, 0.1) is 0 Å². The molecule has 0 aromatic heterocycles. The number of amides is 2. The van der Waals surface area contributed by atoms with Gasteiger partial charge in [-0.3, -0.25) is 9.59 Å². The molecule has 28 heavy (non-hydrogen) atoms. The van der Waals surface area contributed by atoms with Crippen LogP contribution in [0.2, 0.25) is 0 Å². The first kappa shape index (κ1) is 20.4. The van der Waals surface area contributed by atoms with Crippen molar-refractivity contribution in [2.75, 3.05) is 10.6 Å². The molecule has 0 spiro atoms. The lowest BCUT2D eigenvalue weighted by atomic mass is 9.89. The van der Waals surface area contributed by atoms with Gasteiger partial charge in [0.2, 0.25) is 5.91 Å². The fourth-order valence-electron chi connectivity index (χ4n) is 4.28. The van der Waals surface area contributed by atoms with Crippen LogP contribution >= 0.6 is 12.4 Å². The summed E-state index contributed by atoms with van der Waals surface area (Å²) in [6.45, 7) is 0. The number of anilines is 2. The number of rotatable bonds is 5. The highest BCUT2D eigenvalue weighted by molar-refractivity contribution is 6.04. The third kappa shape index (κ3) is 5.12. The number of piperidine rings is 1. The normalized spacial score (nSPS) is 22.8. The Morgan fingerprint density at radius 2 is 1.54 bits per heavy atom. The van der Waals surface area contributed by atoms with Gasteiger partial charge in [0, 0.05) is 35.4 Å². The second-order valence-corrected chi connectivity index (χ2v) is 7.63. The zero-order valence-electron chi connectivity index (χ0n) is 15.7. The molecule has 2 bridgehead atoms. The van der Waals surface area contributed by atoms with E-state index in [0.29, 0.717) is 41.4 Å². The van der Waals surface area contributed by atoms with Crippen LogP contribution < -0.4 is 16.0 Å². The fraction of sp³-hybridized carbons (Fsp3) is 0.364. The quantitative estimate of drug-likeness (QED) is 0.705. The molecule has 0 saturated carbocycles. The predicted molar refractivity (Wildman–Crippen MR) is 114 cm³/mol. The summed E-state index contributed by atoms with van der Waals surface area (Å²) in [7, 11) is 0. The Balaban J connectivity index is 0.00000225. The van der Waals surface area contributed by atoms with Crippen LogP contribution in [0.25, 0.3) is 0 Å². The van der Waals surface area contributed by atoms with Gasteiger partial charge in [-0.05, 0) is 61.9 Å². The van der Waals surface area contributed by atoms with Crippen LogP contribution in [-0.4, -0.2) is 23.9 Å². The second-order valence-electron chi connectivity index (χ2n) is 7.63. The standard InChI is InChI=1S/C22H25N3O2.ClH/c26-21(13-15-11-19-9-10-20(12-15)23-19)24-17-7-4-8-18(14-17)25-22(27)16-5-2-1-3-6-16;/h1-8,14-15,19-20,23H,9-13H2,(H,24,26)(H,25,27);1H. The second kappa shape index (κ2) is 9.22. The van der Waals surface area contributed by atoms with E-state index < -0.39 is 0 Å². The minimum atomic E-state index is -0.163. The lowest BCUT2D eigenvalue weighted by Crippen LogP contribution is -2.39. The molecule has 2 saturated heterocycles. The summed E-state index contributed by atoms with van der Waals surface area (Å²) in [4.78, 5) is 24.7. The minimum absolute atomic E-state index is 0. The fourth-order valence-corrected chi connectivity index (χ4v) is 4.28. The Hall–Kier alpha value is -2.37. The maximum absolute atomic E-state index is 12.5. The summed E-state index contributed by atoms with van der Waals surface area (Å²) in [6.07, 6.45) is 5.24. The molecule has 2 heterocycles. The number of carbonyl (C=O) groups excluding carboxylic acids is 2. The molecule has 0 radical (unpaired) electrons. The SMILES string of the molecule is Cl.O=C(CC1CC2CCC(C1)N2)Nc1cccc(NC(=O)c2ccccc2)c1. The number of carbonyl (C=O) groups is 2. The first-order valence-corrected chi connectivity index (χ1v) is 9.68. The highest BCUT2D eigenvalue weighted by atomic mass is 35.5. The van der Waals surface area contributed by atoms with Crippen LogP contribution in [-0.2, 0) is 4.79 Å². The Morgan fingerprint density at radius 1 is 0.893 bits per heavy atom. The Bertz CT molecular complexity index is 816. The maximum atomic E-state index is 12.5. The van der Waals surface area contributed by atoms with Crippen LogP contribution in [0.4, 0.5) is 11.4 Å². The molecule has 2 aromatic carbocycles. The number of benzene rings is 2. The van der Waals surface area contributed by atoms with E-state index >= 15 is 0 Å². The molecule has 6 heteroatoms. The highest BCUT2D eigenvalue weighted by Gasteiger charge is 2.34. The maximum Gasteiger partial charge on any atom is 0.255 e. The number of halogens is 1. The van der Waals surface area contributed by atoms with Gasteiger partial charge in [0.1, 0.15) is 0 Å². The summed E-state index contributed by atoms with van der Waals surface area (Å²) < 4.78 is 0. The predicted octanol–water partition coefficient (Wildman–Crippen LogP) is 4.22. The monoisotopic (exact) mass is 399 g/mol. The van der Waals surface area contributed by atoms with Crippen molar-refractivity contribution in [2.45, 2.75) is 44.2 Å². The van der Waals surface area contributed by atoms with Crippen molar-refractivity contribution in [2.24, 2.45) is 5.92 Å². The topological polar surface area (TPSA) is 70.2 Å². The molecule has 5 nitrogen and oxygen atoms in total. The summed E-state index contributed by atoms with van der Waals surface area (Å²) in [5, 5.41) is 9.47. The molecule has 2 aromatic rings. The third-order valence-electron chi connectivity index (χ3n) is 5.48. The summed E-state index contributed by atoms with van der Waals surface area (Å²) in [6, 6.07) is 17.6. The zero-order chi connectivity index (χ0) is 18.6. The van der Waals surface area contributed by atoms with Crippen molar-refractivity contribution in [3.05, 3.63) is 60.2 Å². The van der Waals surface area contributed by atoms with Gasteiger partial charge in [0.25, 0.3) is 5.91 Å². The number of nitrogens with one attached hydrogen (secondary N) is 3. The summed E-state index contributed by atoms with van der Waals surface area (Å²) >= 11 is 0. The van der Waals surface area contributed by atoms with E-state index in [1.165, 1.54) is 12.8 Å². The van der Waals surface area contributed by atoms with Gasteiger partial charge in [-0.25, -0.2) is 0 Å². The molecule has 2 aliphatic rings. The smallest absolute Gasteiger partial charge is 0.255 e. The molecule has 2 fully saturated rings. The Morgan fingerprint density at radius 3 is 2.21 bits per heavy atom. The van der Waals surface area contributed by atoms with Crippen molar-refractivity contribution in [1.82, 2.24) is 5.32 Å². The molecule has 148 valence electrons. The molecule has 4 rings (SSSR count). The van der Waals surface area contributed by atoms with Crippen molar-refractivity contribution < 1.29 is 9.59 Å². The van der Waals surface area contributed by atoms with E-state index in [1.54, 1.807) is 18.2 Å². The van der Waals surface area contributed by atoms with Crippen molar-refractivity contribution in [3.8, 4) is 0 Å². The first-order valence-electron chi connectivity index (χ1n) is 9.68. The number of hydrogen-bond acceptors (Lipinski definition) is 3. The van der Waals surface area contributed by atoms with Gasteiger partial charge >= 0.3 is 0 Å². The van der Waals surface area contributed by atoms with E-state index in [0.717, 1.165) is 12.8 Å². The van der Waals surface area contributed by atoms with E-state index in [1.807, 2.05) is 36.4 Å². The molecule has 0 aliphatic carbocycles. The van der Waals surface area contributed by atoms with Crippen LogP contribution in [0.5, 0.6) is 0 Å². The number of hydrogen-bond donors (Lipinski definition) is 3. The van der Waals surface area contributed by atoms with Gasteiger partial charge < -0.3 is 16.0 Å². The average Bonchev–Trinajstić information content (AvgIpc) is 3.01. The zero-order valence-corrected chi connectivity index (χ0v) is 16.5. The minimum Gasteiger partial charge on any atom is -0.326 e. The third-order valence-corrected chi connectivity index (χ3v) is 5.48. The Kier molecular flexibility index (Phi) is 6.70. The molecular weight excluding hydrogens is 374 g/mol. The van der Waals surface area contributed by atoms with Gasteiger partial charge in [-0.15, -0.1) is 12.4 Å². The first-order chi connectivity index (χ1) is 13.2. The average molecular weight is 400 g/mol. The molecule has 2 aliphatic heterocycles. The van der Waals surface area contributed by atoms with Crippen LogP contribution in [0, 0.1) is 5.92 Å². The lowest BCUT2D eigenvalue weighted by Gasteiger charge is -2.28. The molecule has 2 atom stereocenters. The molecule has 2 amide bonds. The Labute approximate surface area is 171 Å². The van der Waals surface area contributed by atoms with Gasteiger partial charge in [-0.2, -0.15) is 0 Å². The van der Waals surface area contributed by atoms with Gasteiger partial charge in [-0.1, -0.05) is 24.3 Å². The molecule has 2 unspecified atom stereocenters. The highest BCUT2D eigenvalue weighted by Crippen LogP contribution is 2.32. The number of fused-ring (bicyclic) bond motifs is 2. The van der Waals surface area contributed by atoms with E-state index in [9.17, 15) is 9.59 Å². The summed E-state index contributed by atoms with van der Waals surface area (Å²) in [5.41, 5.74) is 1.98. The molecular formula is C22H26ClN3O2.